The molecule has 22 nitrogen and oxygen atoms in total. The number of thiocarbonyl (C=S) groups is 2. The number of ether oxygens (including phenoxy) is 12. The van der Waals surface area contributed by atoms with Crippen LogP contribution in [0.1, 0.15) is 41.5 Å². The highest BCUT2D eigenvalue weighted by atomic mass is 32.1. The van der Waals surface area contributed by atoms with Crippen molar-refractivity contribution in [1.82, 2.24) is 21.3 Å². The zero-order valence-corrected chi connectivity index (χ0v) is 35.2. The van der Waals surface area contributed by atoms with Gasteiger partial charge in [-0.1, -0.05) is 0 Å². The van der Waals surface area contributed by atoms with Crippen LogP contribution in [0.3, 0.4) is 0 Å². The first-order valence-electron chi connectivity index (χ1n) is 18.1. The molecule has 58 heavy (non-hydrogen) atoms. The van der Waals surface area contributed by atoms with Crippen LogP contribution in [-0.4, -0.2) is 174 Å². The Morgan fingerprint density at radius 2 is 0.741 bits per heavy atom. The van der Waals surface area contributed by atoms with Crippen LogP contribution < -0.4 is 21.3 Å². The molecule has 4 N–H and O–H groups in total. The van der Waals surface area contributed by atoms with Crippen molar-refractivity contribution < 1.29 is 85.6 Å². The van der Waals surface area contributed by atoms with E-state index in [2.05, 4.69) is 21.3 Å². The molecular weight excluding hydrogens is 817 g/mol. The molecule has 0 aromatic carbocycles. The number of methoxy groups -OCH3 is 2. The number of hydrogen-bond acceptors (Lipinski definition) is 20. The standard InChI is InChI=1S/C34H54N4O18S2/c1-17(39)49-25-23(55-31(45-7)29(53-21(5)43)27(25)51-19(3)41)15-37-33(57)35-9-11-47-13-14-48-12-10-36-34(58)38-16-24-26(50-18(2)40)28(52-20(4)42)30(54-22(6)44)32(46-8)56-24/h23-32H,9-16H2,1-8H3,(H2,35,37,57)(H2,36,38,58)/t23-,24-,25-,26-,27+,28+,29+,30+,31+,32+/m1/s1. The number of rotatable bonds is 21. The molecule has 2 aliphatic heterocycles. The molecule has 10 atom stereocenters. The first kappa shape index (κ1) is 50.1. The average molecular weight is 871 g/mol. The molecule has 0 spiro atoms. The van der Waals surface area contributed by atoms with Crippen LogP contribution in [0.5, 0.6) is 0 Å². The third kappa shape index (κ3) is 17.8. The lowest BCUT2D eigenvalue weighted by atomic mass is 9.97. The Hall–Kier alpha value is -4.04. The largest absolute Gasteiger partial charge is 0.456 e. The van der Waals surface area contributed by atoms with Gasteiger partial charge in [0.25, 0.3) is 0 Å². The van der Waals surface area contributed by atoms with Crippen molar-refractivity contribution in [3.63, 3.8) is 0 Å². The van der Waals surface area contributed by atoms with Crippen molar-refractivity contribution in [3.8, 4) is 0 Å². The minimum atomic E-state index is -1.22. The van der Waals surface area contributed by atoms with E-state index in [1.54, 1.807) is 0 Å². The first-order valence-corrected chi connectivity index (χ1v) is 18.9. The first-order chi connectivity index (χ1) is 27.5. The van der Waals surface area contributed by atoms with E-state index in [1.807, 2.05) is 0 Å². The van der Waals surface area contributed by atoms with E-state index in [-0.39, 0.29) is 49.7 Å². The van der Waals surface area contributed by atoms with Crippen LogP contribution in [-0.2, 0) is 85.6 Å². The molecule has 2 saturated heterocycles. The molecule has 0 aromatic rings. The van der Waals surface area contributed by atoms with Crippen molar-refractivity contribution in [2.24, 2.45) is 0 Å². The van der Waals surface area contributed by atoms with Crippen LogP contribution in [0.25, 0.3) is 0 Å². The molecule has 24 heteroatoms. The average Bonchev–Trinajstić information content (AvgIpc) is 3.13. The minimum absolute atomic E-state index is 0.00193. The van der Waals surface area contributed by atoms with Crippen molar-refractivity contribution in [2.45, 2.75) is 103 Å². The molecule has 0 unspecified atom stereocenters. The number of carbonyl (C=O) groups is 6. The van der Waals surface area contributed by atoms with E-state index in [0.29, 0.717) is 13.1 Å². The summed E-state index contributed by atoms with van der Waals surface area (Å²) < 4.78 is 65.8. The second kappa shape index (κ2) is 26.1. The summed E-state index contributed by atoms with van der Waals surface area (Å²) in [5, 5.41) is 12.3. The van der Waals surface area contributed by atoms with Gasteiger partial charge >= 0.3 is 35.8 Å². The second-order valence-electron chi connectivity index (χ2n) is 12.5. The van der Waals surface area contributed by atoms with Gasteiger partial charge in [0.2, 0.25) is 0 Å². The molecule has 2 fully saturated rings. The Kier molecular flexibility index (Phi) is 22.6. The van der Waals surface area contributed by atoms with E-state index < -0.39 is 97.2 Å². The fourth-order valence-corrected chi connectivity index (χ4v) is 6.10. The second-order valence-corrected chi connectivity index (χ2v) is 13.3. The van der Waals surface area contributed by atoms with Gasteiger partial charge in [-0.2, -0.15) is 0 Å². The highest BCUT2D eigenvalue weighted by molar-refractivity contribution is 7.80. The van der Waals surface area contributed by atoms with E-state index >= 15 is 0 Å². The molecule has 0 amide bonds. The van der Waals surface area contributed by atoms with Crippen molar-refractivity contribution in [2.75, 3.05) is 66.8 Å². The summed E-state index contributed by atoms with van der Waals surface area (Å²) >= 11 is 10.7. The Bertz CT molecular complexity index is 1310. The van der Waals surface area contributed by atoms with Gasteiger partial charge in [-0.05, 0) is 24.4 Å². The van der Waals surface area contributed by atoms with Gasteiger partial charge in [0, 0.05) is 81.9 Å². The summed E-state index contributed by atoms with van der Waals surface area (Å²) in [6.45, 7) is 8.79. The zero-order valence-electron chi connectivity index (χ0n) is 33.6. The SMILES string of the molecule is CO[C@H]1O[C@H](CNC(=S)NCCOCCOCCNC(=S)NC[C@H]2O[C@H](OC)[C@@H](OC(C)=O)[C@@H](OC(C)=O)[C@@H]2OC(C)=O)[C@@H](OC(C)=O)[C@H](OC(C)=O)[C@@H]1OC(C)=O. The van der Waals surface area contributed by atoms with Crippen LogP contribution >= 0.6 is 24.4 Å². The Labute approximate surface area is 346 Å². The third-order valence-electron chi connectivity index (χ3n) is 7.82. The lowest BCUT2D eigenvalue weighted by Gasteiger charge is -2.44. The summed E-state index contributed by atoms with van der Waals surface area (Å²) in [7, 11) is 2.64. The Morgan fingerprint density at radius 1 is 0.448 bits per heavy atom. The highest BCUT2D eigenvalue weighted by Crippen LogP contribution is 2.30. The quantitative estimate of drug-likeness (QED) is 0.0433. The lowest BCUT2D eigenvalue weighted by molar-refractivity contribution is -0.296. The summed E-state index contributed by atoms with van der Waals surface area (Å²) in [5.41, 5.74) is 0. The summed E-state index contributed by atoms with van der Waals surface area (Å²) in [6.07, 6.45) is -11.3. The van der Waals surface area contributed by atoms with Crippen molar-refractivity contribution >= 4 is 70.5 Å². The van der Waals surface area contributed by atoms with Crippen LogP contribution in [0.4, 0.5) is 0 Å². The molecule has 2 aliphatic rings. The molecular formula is C34H54N4O18S2. The maximum absolute atomic E-state index is 11.9. The zero-order chi connectivity index (χ0) is 43.4. The van der Waals surface area contributed by atoms with Crippen LogP contribution in [0.2, 0.25) is 0 Å². The van der Waals surface area contributed by atoms with E-state index in [9.17, 15) is 28.8 Å². The van der Waals surface area contributed by atoms with Gasteiger partial charge in [-0.15, -0.1) is 0 Å². The van der Waals surface area contributed by atoms with Crippen molar-refractivity contribution in [1.29, 1.82) is 0 Å². The van der Waals surface area contributed by atoms with Gasteiger partial charge in [0.1, 0.15) is 12.2 Å². The summed E-state index contributed by atoms with van der Waals surface area (Å²) in [4.78, 5) is 71.2. The van der Waals surface area contributed by atoms with Gasteiger partial charge in [0.15, 0.2) is 59.4 Å². The van der Waals surface area contributed by atoms with Crippen LogP contribution in [0.15, 0.2) is 0 Å². The van der Waals surface area contributed by atoms with Gasteiger partial charge < -0.3 is 78.1 Å². The fourth-order valence-electron chi connectivity index (χ4n) is 5.73. The molecule has 0 bridgehead atoms. The summed E-state index contributed by atoms with van der Waals surface area (Å²) in [5.74, 6) is -4.12. The number of carbonyl (C=O) groups excluding carboxylic acids is 6. The predicted octanol–water partition coefficient (Wildman–Crippen LogP) is -1.72. The monoisotopic (exact) mass is 870 g/mol. The van der Waals surface area contributed by atoms with Gasteiger partial charge in [-0.3, -0.25) is 28.8 Å². The smallest absolute Gasteiger partial charge is 0.303 e. The predicted molar refractivity (Wildman–Crippen MR) is 204 cm³/mol. The Morgan fingerprint density at radius 3 is 1.03 bits per heavy atom. The van der Waals surface area contributed by atoms with Gasteiger partial charge in [-0.25, -0.2) is 0 Å². The minimum Gasteiger partial charge on any atom is -0.456 e. The van der Waals surface area contributed by atoms with Crippen molar-refractivity contribution in [3.05, 3.63) is 0 Å². The maximum Gasteiger partial charge on any atom is 0.303 e. The third-order valence-corrected chi connectivity index (χ3v) is 8.40. The highest BCUT2D eigenvalue weighted by Gasteiger charge is 2.53. The molecule has 0 aromatic heterocycles. The lowest BCUT2D eigenvalue weighted by Crippen LogP contribution is -2.63. The van der Waals surface area contributed by atoms with E-state index in [1.165, 1.54) is 41.9 Å². The fraction of sp³-hybridized carbons (Fsp3) is 0.765. The normalized spacial score (nSPS) is 26.5. The number of esters is 6. The summed E-state index contributed by atoms with van der Waals surface area (Å²) in [6, 6.07) is 0. The maximum atomic E-state index is 11.9. The molecule has 330 valence electrons. The molecule has 2 rings (SSSR count). The topological polar surface area (TPSA) is 261 Å². The Balaban J connectivity index is 1.72. The van der Waals surface area contributed by atoms with E-state index in [4.69, 9.17) is 81.3 Å². The number of nitrogens with one attached hydrogen (secondary N) is 4. The van der Waals surface area contributed by atoms with E-state index in [0.717, 1.165) is 13.8 Å². The number of hydrogen-bond donors (Lipinski definition) is 4. The molecule has 0 saturated carbocycles. The van der Waals surface area contributed by atoms with Crippen LogP contribution in [0, 0.1) is 0 Å². The molecule has 0 aliphatic carbocycles. The molecule has 0 radical (unpaired) electrons. The molecule has 2 heterocycles. The van der Waals surface area contributed by atoms with Gasteiger partial charge in [0.05, 0.1) is 26.4 Å².